The van der Waals surface area contributed by atoms with Gasteiger partial charge in [0.1, 0.15) is 0 Å². The van der Waals surface area contributed by atoms with Crippen molar-refractivity contribution in [1.82, 2.24) is 20.4 Å². The van der Waals surface area contributed by atoms with Gasteiger partial charge in [-0.3, -0.25) is 14.7 Å². The number of hydrogen-bond acceptors (Lipinski definition) is 3. The quantitative estimate of drug-likeness (QED) is 0.349. The first-order chi connectivity index (χ1) is 13.7. The summed E-state index contributed by atoms with van der Waals surface area (Å²) >= 11 is 0. The zero-order valence-electron chi connectivity index (χ0n) is 17.8. The van der Waals surface area contributed by atoms with E-state index in [2.05, 4.69) is 55.8 Å². The van der Waals surface area contributed by atoms with Crippen molar-refractivity contribution < 1.29 is 4.79 Å². The van der Waals surface area contributed by atoms with Crippen LogP contribution in [0.25, 0.3) is 0 Å². The summed E-state index contributed by atoms with van der Waals surface area (Å²) in [7, 11) is 3.59. The van der Waals surface area contributed by atoms with E-state index in [1.165, 1.54) is 24.9 Å². The van der Waals surface area contributed by atoms with Gasteiger partial charge in [-0.05, 0) is 43.7 Å². The Morgan fingerprint density at radius 2 is 1.86 bits per heavy atom. The molecule has 0 aliphatic carbocycles. The van der Waals surface area contributed by atoms with E-state index in [0.29, 0.717) is 18.4 Å². The second-order valence-corrected chi connectivity index (χ2v) is 7.99. The summed E-state index contributed by atoms with van der Waals surface area (Å²) in [5.41, 5.74) is 1.39. The molecule has 1 unspecified atom stereocenters. The van der Waals surface area contributed by atoms with Crippen LogP contribution in [0.4, 0.5) is 0 Å². The fraction of sp³-hybridized carbons (Fsp3) is 0.636. The fourth-order valence-corrected chi connectivity index (χ4v) is 4.41. The van der Waals surface area contributed by atoms with Crippen LogP contribution in [-0.2, 0) is 11.3 Å². The van der Waals surface area contributed by atoms with E-state index < -0.39 is 0 Å². The Hall–Kier alpha value is -1.35. The lowest BCUT2D eigenvalue weighted by Gasteiger charge is -2.35. The minimum atomic E-state index is 0. The third-order valence-corrected chi connectivity index (χ3v) is 6.10. The van der Waals surface area contributed by atoms with E-state index in [9.17, 15) is 4.79 Å². The van der Waals surface area contributed by atoms with E-state index >= 15 is 0 Å². The number of hydrogen-bond donors (Lipinski definition) is 2. The maximum atomic E-state index is 11.6. The topological polar surface area (TPSA) is 60.0 Å². The number of nitrogens with one attached hydrogen (secondary N) is 2. The largest absolute Gasteiger partial charge is 0.359 e. The summed E-state index contributed by atoms with van der Waals surface area (Å²) < 4.78 is 0. The summed E-state index contributed by atoms with van der Waals surface area (Å²) in [5.74, 6) is 1.65. The number of likely N-dealkylation sites (tertiary alicyclic amines) is 2. The van der Waals surface area contributed by atoms with Gasteiger partial charge in [0.05, 0.1) is 0 Å². The molecule has 1 aromatic carbocycles. The Balaban J connectivity index is 0.00000300. The van der Waals surface area contributed by atoms with Crippen molar-refractivity contribution in [2.45, 2.75) is 44.7 Å². The summed E-state index contributed by atoms with van der Waals surface area (Å²) in [5, 5.41) is 6.36. The Labute approximate surface area is 192 Å². The number of guanidine groups is 1. The lowest BCUT2D eigenvalue weighted by molar-refractivity contribution is -0.121. The first kappa shape index (κ1) is 23.9. The van der Waals surface area contributed by atoms with Crippen LogP contribution in [-0.4, -0.2) is 68.0 Å². The highest BCUT2D eigenvalue weighted by Crippen LogP contribution is 2.22. The van der Waals surface area contributed by atoms with Gasteiger partial charge in [0, 0.05) is 52.7 Å². The number of halogens is 1. The molecule has 2 saturated heterocycles. The van der Waals surface area contributed by atoms with Crippen LogP contribution in [0.2, 0.25) is 0 Å². The van der Waals surface area contributed by atoms with Gasteiger partial charge in [-0.2, -0.15) is 0 Å². The van der Waals surface area contributed by atoms with Crippen LogP contribution < -0.4 is 10.6 Å². The average Bonchev–Trinajstić information content (AvgIpc) is 3.17. The molecular formula is C22H36IN5O. The summed E-state index contributed by atoms with van der Waals surface area (Å²) in [6, 6.07) is 11.3. The number of benzene rings is 1. The minimum absolute atomic E-state index is 0. The van der Waals surface area contributed by atoms with Crippen LogP contribution in [0.1, 0.15) is 37.7 Å². The van der Waals surface area contributed by atoms with Crippen molar-refractivity contribution in [2.24, 2.45) is 10.9 Å². The molecule has 0 spiro atoms. The first-order valence-electron chi connectivity index (χ1n) is 10.6. The normalized spacial score (nSPS) is 21.0. The second kappa shape index (κ2) is 12.4. The molecule has 29 heavy (non-hydrogen) atoms. The molecule has 2 heterocycles. The summed E-state index contributed by atoms with van der Waals surface area (Å²) in [4.78, 5) is 21.0. The number of carbonyl (C=O) groups is 1. The van der Waals surface area contributed by atoms with Crippen LogP contribution in [0, 0.1) is 5.92 Å². The smallest absolute Gasteiger partial charge is 0.220 e. The van der Waals surface area contributed by atoms with Crippen LogP contribution in [0.3, 0.4) is 0 Å². The van der Waals surface area contributed by atoms with Gasteiger partial charge in [-0.1, -0.05) is 30.3 Å². The van der Waals surface area contributed by atoms with Gasteiger partial charge in [-0.15, -0.1) is 24.0 Å². The van der Waals surface area contributed by atoms with Crippen molar-refractivity contribution >= 4 is 35.8 Å². The number of aliphatic imine (C=N–C) groups is 1. The second-order valence-electron chi connectivity index (χ2n) is 7.99. The van der Waals surface area contributed by atoms with E-state index in [0.717, 1.165) is 45.0 Å². The summed E-state index contributed by atoms with van der Waals surface area (Å²) in [6.07, 6.45) is 5.26. The lowest BCUT2D eigenvalue weighted by atomic mass is 9.93. The molecule has 3 rings (SSSR count). The zero-order valence-corrected chi connectivity index (χ0v) is 20.1. The zero-order chi connectivity index (χ0) is 19.8. The van der Waals surface area contributed by atoms with Gasteiger partial charge >= 0.3 is 0 Å². The molecule has 0 radical (unpaired) electrons. The highest BCUT2D eigenvalue weighted by molar-refractivity contribution is 14.0. The van der Waals surface area contributed by atoms with Gasteiger partial charge in [0.2, 0.25) is 5.91 Å². The monoisotopic (exact) mass is 513 g/mol. The molecule has 0 aromatic heterocycles. The van der Waals surface area contributed by atoms with Gasteiger partial charge in [0.25, 0.3) is 0 Å². The van der Waals surface area contributed by atoms with Crippen LogP contribution in [0.5, 0.6) is 0 Å². The van der Waals surface area contributed by atoms with Crippen molar-refractivity contribution in [2.75, 3.05) is 40.3 Å². The molecule has 2 aliphatic heterocycles. The molecule has 2 aliphatic rings. The van der Waals surface area contributed by atoms with Gasteiger partial charge in [0.15, 0.2) is 5.96 Å². The highest BCUT2D eigenvalue weighted by atomic mass is 127. The van der Waals surface area contributed by atoms with E-state index in [4.69, 9.17) is 0 Å². The number of nitrogens with zero attached hydrogens (tertiary/aromatic N) is 3. The average molecular weight is 513 g/mol. The lowest BCUT2D eigenvalue weighted by Crippen LogP contribution is -2.49. The minimum Gasteiger partial charge on any atom is -0.359 e. The van der Waals surface area contributed by atoms with Crippen LogP contribution in [0.15, 0.2) is 35.3 Å². The summed E-state index contributed by atoms with van der Waals surface area (Å²) in [6.45, 7) is 5.08. The third kappa shape index (κ3) is 7.13. The molecule has 2 N–H and O–H groups in total. The number of piperidine rings is 1. The first-order valence-corrected chi connectivity index (χ1v) is 10.6. The number of amides is 1. The van der Waals surface area contributed by atoms with E-state index in [-0.39, 0.29) is 29.9 Å². The van der Waals surface area contributed by atoms with Crippen molar-refractivity contribution in [1.29, 1.82) is 0 Å². The maximum Gasteiger partial charge on any atom is 0.220 e. The molecule has 1 atom stereocenters. The Morgan fingerprint density at radius 1 is 1.14 bits per heavy atom. The molecule has 1 aromatic rings. The fourth-order valence-electron chi connectivity index (χ4n) is 4.41. The number of carbonyl (C=O) groups excluding carboxylic acids is 1. The Morgan fingerprint density at radius 3 is 2.52 bits per heavy atom. The molecule has 2 fully saturated rings. The molecule has 1 amide bonds. The third-order valence-electron chi connectivity index (χ3n) is 6.10. The van der Waals surface area contributed by atoms with Gasteiger partial charge in [-0.25, -0.2) is 0 Å². The molecule has 0 saturated carbocycles. The van der Waals surface area contributed by atoms with Crippen molar-refractivity contribution in [3.05, 3.63) is 35.9 Å². The SMILES string of the molecule is CN=C(NCC1CCCN1Cc1ccccc1)N1CCC(CC(=O)NC)CC1.I. The standard InChI is InChI=1S/C22H35N5O.HI/c1-23-21(28)15-18-10-13-26(14-11-18)22(24-2)25-16-20-9-6-12-27(20)17-19-7-4-3-5-8-19;/h3-5,7-8,18,20H,6,9-17H2,1-2H3,(H,23,28)(H,24,25);1H. The number of rotatable bonds is 6. The molecule has 7 heteroatoms. The van der Waals surface area contributed by atoms with Crippen molar-refractivity contribution in [3.63, 3.8) is 0 Å². The van der Waals surface area contributed by atoms with E-state index in [1.807, 2.05) is 7.05 Å². The Kier molecular flexibility index (Phi) is 10.2. The molecule has 0 bridgehead atoms. The van der Waals surface area contributed by atoms with Crippen LogP contribution >= 0.6 is 24.0 Å². The predicted molar refractivity (Wildman–Crippen MR) is 130 cm³/mol. The maximum absolute atomic E-state index is 11.6. The highest BCUT2D eigenvalue weighted by Gasteiger charge is 2.26. The van der Waals surface area contributed by atoms with Gasteiger partial charge < -0.3 is 15.5 Å². The molecule has 6 nitrogen and oxygen atoms in total. The Bertz CT molecular complexity index is 646. The van der Waals surface area contributed by atoms with E-state index in [1.54, 1.807) is 7.05 Å². The molecular weight excluding hydrogens is 477 g/mol. The predicted octanol–water partition coefficient (Wildman–Crippen LogP) is 2.69. The van der Waals surface area contributed by atoms with Crippen molar-refractivity contribution in [3.8, 4) is 0 Å². The molecule has 162 valence electrons.